The highest BCUT2D eigenvalue weighted by molar-refractivity contribution is 8.00. The van der Waals surface area contributed by atoms with Crippen LogP contribution < -0.4 is 52.4 Å². The number of hydrogen-bond acceptors (Lipinski definition) is 6. The van der Waals surface area contributed by atoms with E-state index in [1.807, 2.05) is 23.5 Å². The Bertz CT molecular complexity index is 5610. The van der Waals surface area contributed by atoms with Gasteiger partial charge in [-0.1, -0.05) is 386 Å². The van der Waals surface area contributed by atoms with E-state index in [0.717, 1.165) is 11.4 Å². The Morgan fingerprint density at radius 2 is 0.369 bits per heavy atom. The van der Waals surface area contributed by atoms with E-state index in [4.69, 9.17) is 0 Å². The third-order valence-electron chi connectivity index (χ3n) is 28.3. The normalized spacial score (nSPS) is 14.7. The van der Waals surface area contributed by atoms with Gasteiger partial charge in [0.2, 0.25) is 13.4 Å². The summed E-state index contributed by atoms with van der Waals surface area (Å²) in [6.07, 6.45) is 0. The highest BCUT2D eigenvalue weighted by Crippen LogP contribution is 2.56. The molecule has 682 valence electrons. The second-order valence-electron chi connectivity index (χ2n) is 53.8. The lowest BCUT2D eigenvalue weighted by atomic mass is 9.32. The van der Waals surface area contributed by atoms with Gasteiger partial charge < -0.3 is 19.6 Å². The third-order valence-corrected chi connectivity index (χ3v) is 30.6. The van der Waals surface area contributed by atoms with E-state index in [-0.39, 0.29) is 89.2 Å². The molecule has 11 aromatic carbocycles. The molecule has 4 nitrogen and oxygen atoms in total. The van der Waals surface area contributed by atoms with Crippen molar-refractivity contribution < 1.29 is 0 Å². The number of fused-ring (bicyclic) bond motifs is 8. The van der Waals surface area contributed by atoms with E-state index < -0.39 is 0 Å². The molecule has 4 aliphatic rings. The maximum absolute atomic E-state index is 2.81. The number of nitrogens with zero attached hydrogens (tertiary/aromatic N) is 4. The van der Waals surface area contributed by atoms with E-state index in [2.05, 4.69) is 492 Å². The van der Waals surface area contributed by atoms with Crippen LogP contribution in [0.2, 0.25) is 0 Å². The molecule has 0 aliphatic carbocycles. The molecule has 130 heavy (non-hydrogen) atoms. The van der Waals surface area contributed by atoms with Crippen LogP contribution in [0.25, 0.3) is 0 Å². The van der Waals surface area contributed by atoms with Gasteiger partial charge in [-0.2, -0.15) is 0 Å². The smallest absolute Gasteiger partial charge is 0.249 e. The molecule has 0 N–H and O–H groups in total. The van der Waals surface area contributed by atoms with E-state index in [1.165, 1.54) is 187 Å². The number of rotatable bonds is 8. The zero-order valence-electron chi connectivity index (χ0n) is 88.1. The molecular weight excluding hydrogens is 1610 g/mol. The van der Waals surface area contributed by atoms with Crippen LogP contribution in [0.1, 0.15) is 369 Å². The minimum Gasteiger partial charge on any atom is -0.311 e. The minimum atomic E-state index is -0.206. The van der Waals surface area contributed by atoms with Gasteiger partial charge in [-0.15, -0.1) is 0 Å². The van der Waals surface area contributed by atoms with Gasteiger partial charge in [-0.05, 0) is 297 Å². The summed E-state index contributed by atoms with van der Waals surface area (Å²) in [6, 6.07) is 77.1. The highest BCUT2D eigenvalue weighted by Gasteiger charge is 2.49. The zero-order valence-corrected chi connectivity index (χ0v) is 89.7. The zero-order chi connectivity index (χ0) is 95.9. The average Bonchev–Trinajstić information content (AvgIpc) is 0.683. The second-order valence-corrected chi connectivity index (χ2v) is 55.9. The predicted octanol–water partition coefficient (Wildman–Crippen LogP) is 32.3. The summed E-state index contributed by atoms with van der Waals surface area (Å²) in [6.45, 7) is 100. The summed E-state index contributed by atoms with van der Waals surface area (Å²) in [7, 11) is 0. The molecule has 15 rings (SSSR count). The molecule has 0 spiro atoms. The topological polar surface area (TPSA) is 13.0 Å². The maximum atomic E-state index is 2.81. The number of anilines is 12. The van der Waals surface area contributed by atoms with Crippen LogP contribution in [0.5, 0.6) is 0 Å². The summed E-state index contributed by atoms with van der Waals surface area (Å²) in [4.78, 5) is 16.2. The van der Waals surface area contributed by atoms with Gasteiger partial charge in [0.15, 0.2) is 0 Å². The first-order valence-electron chi connectivity index (χ1n) is 48.6. The predicted molar refractivity (Wildman–Crippen MR) is 577 cm³/mol. The van der Waals surface area contributed by atoms with Gasteiger partial charge in [0, 0.05) is 87.8 Å². The quantitative estimate of drug-likeness (QED) is 0.140. The monoisotopic (exact) mass is 1760 g/mol. The molecule has 0 amide bonds. The highest BCUT2D eigenvalue weighted by atomic mass is 32.2. The van der Waals surface area contributed by atoms with E-state index in [9.17, 15) is 0 Å². The first kappa shape index (κ1) is 96.0. The lowest BCUT2D eigenvalue weighted by Crippen LogP contribution is -2.63. The summed E-state index contributed by atoms with van der Waals surface area (Å²) in [5.74, 6) is 0. The maximum Gasteiger partial charge on any atom is 0.249 e. The summed E-state index contributed by atoms with van der Waals surface area (Å²) in [5.41, 5.74) is 38.2. The standard InChI is InChI=1S/C122H156B2N4S2/c1-109(2,3)73-43-45-95-103(65-73)129-105-69-93(125(87-53-75(111(7,8)9)47-76(54-87)112(10,11)12)88-55-77(113(13,14)15)48-78(56-88)114(16,17)18)67-101-107(105)123(95)97-71-100-98(72-99(97)127(101)91-61-83(119(31,32)33)51-84(62-91)120(34,35)36)124-96-46-44-74(110(4,5)6)66-104(96)130-106-70-94(68-102(108(106)124)128(100)92-63-85(121(37,38)39)52-86(64-92)122(40,41)42)126(89-57-79(115(19,20)21)49-80(58-89)116(22,23)24)90-59-81(117(25,26)27)50-82(60-90)118(28,29)30/h43-72H,1-42H3. The first-order chi connectivity index (χ1) is 59.2. The van der Waals surface area contributed by atoms with Crippen molar-refractivity contribution in [1.82, 2.24) is 0 Å². The van der Waals surface area contributed by atoms with E-state index >= 15 is 0 Å². The van der Waals surface area contributed by atoms with E-state index in [0.29, 0.717) is 0 Å². The summed E-state index contributed by atoms with van der Waals surface area (Å²) < 4.78 is 0. The molecule has 0 unspecified atom stereocenters. The second kappa shape index (κ2) is 31.5. The molecule has 0 saturated heterocycles. The molecule has 0 saturated carbocycles. The van der Waals surface area contributed by atoms with Crippen LogP contribution in [-0.4, -0.2) is 13.4 Å². The molecule has 0 atom stereocenters. The van der Waals surface area contributed by atoms with Crippen molar-refractivity contribution in [2.24, 2.45) is 0 Å². The Morgan fingerprint density at radius 1 is 0.177 bits per heavy atom. The van der Waals surface area contributed by atoms with Crippen LogP contribution in [0.15, 0.2) is 202 Å². The van der Waals surface area contributed by atoms with Crippen molar-refractivity contribution in [1.29, 1.82) is 0 Å². The lowest BCUT2D eigenvalue weighted by molar-refractivity contribution is 0.567. The van der Waals surface area contributed by atoms with Gasteiger partial charge in [0.25, 0.3) is 0 Å². The number of hydrogen-bond donors (Lipinski definition) is 0. The average molecular weight is 1760 g/mol. The lowest BCUT2D eigenvalue weighted by Gasteiger charge is -2.46. The van der Waals surface area contributed by atoms with E-state index in [1.54, 1.807) is 0 Å². The van der Waals surface area contributed by atoms with Crippen LogP contribution >= 0.6 is 23.5 Å². The van der Waals surface area contributed by atoms with Crippen LogP contribution in [-0.2, 0) is 75.8 Å². The van der Waals surface area contributed by atoms with Crippen LogP contribution in [0.3, 0.4) is 0 Å². The Balaban J connectivity index is 1.16. The third kappa shape index (κ3) is 18.4. The van der Waals surface area contributed by atoms with Crippen LogP contribution in [0, 0.1) is 0 Å². The van der Waals surface area contributed by atoms with Crippen molar-refractivity contribution in [2.45, 2.75) is 386 Å². The molecule has 0 fully saturated rings. The fourth-order valence-electron chi connectivity index (χ4n) is 19.2. The van der Waals surface area contributed by atoms with Crippen molar-refractivity contribution in [3.8, 4) is 0 Å². The van der Waals surface area contributed by atoms with Crippen molar-refractivity contribution in [2.75, 3.05) is 19.6 Å². The first-order valence-corrected chi connectivity index (χ1v) is 50.2. The Hall–Kier alpha value is -8.55. The summed E-state index contributed by atoms with van der Waals surface area (Å²) >= 11 is 3.98. The Labute approximate surface area is 797 Å². The fourth-order valence-corrected chi connectivity index (χ4v) is 21.7. The van der Waals surface area contributed by atoms with Gasteiger partial charge in [-0.3, -0.25) is 0 Å². The molecular formula is C122H156B2N4S2. The number of benzene rings is 11. The molecule has 0 radical (unpaired) electrons. The van der Waals surface area contributed by atoms with Gasteiger partial charge >= 0.3 is 0 Å². The summed E-state index contributed by atoms with van der Waals surface area (Å²) in [5, 5.41) is 0. The van der Waals surface area contributed by atoms with Gasteiger partial charge in [0.1, 0.15) is 0 Å². The largest absolute Gasteiger partial charge is 0.311 e. The molecule has 8 heteroatoms. The molecule has 4 aliphatic heterocycles. The molecule has 4 heterocycles. The van der Waals surface area contributed by atoms with Crippen molar-refractivity contribution in [3.05, 3.63) is 260 Å². The van der Waals surface area contributed by atoms with Crippen molar-refractivity contribution >= 4 is 138 Å². The fraction of sp³-hybridized carbons (Fsp3) is 0.459. The van der Waals surface area contributed by atoms with Gasteiger partial charge in [0.05, 0.1) is 0 Å². The molecule has 0 aromatic heterocycles. The Morgan fingerprint density at radius 3 is 0.569 bits per heavy atom. The molecule has 11 aromatic rings. The van der Waals surface area contributed by atoms with Gasteiger partial charge in [-0.25, -0.2) is 0 Å². The van der Waals surface area contributed by atoms with Crippen LogP contribution in [0.4, 0.5) is 68.2 Å². The minimum absolute atomic E-state index is 0.125. The molecule has 0 bridgehead atoms. The van der Waals surface area contributed by atoms with Crippen molar-refractivity contribution in [3.63, 3.8) is 0 Å². The SMILES string of the molecule is CC(C)(C)c1cc(N(c2cc(C(C)(C)C)cc(C(C)(C)C)c2)c2cc3c4c(c2)N(c2cc(C(C)(C)C)cc(C(C)(C)C)c2)c2cc5c(cc2B4c2ccc(C(C)(C)C)cc2S3)N(c2cc(C(C)(C)C)cc(C(C)(C)C)c2)c2cc(N(c3cc(C(C)(C)C)cc(C(C)(C)C)c3)c3cc(C(C)(C)C)cc(C(C)(C)C)c3)cc3c2B5c2ccc(C(C)(C)C)cc2S3)cc(C(C)(C)C)c1. The Kier molecular flexibility index (Phi) is 23.3.